The van der Waals surface area contributed by atoms with Gasteiger partial charge in [-0.25, -0.2) is 17.9 Å². The Hall–Kier alpha value is -2.91. The smallest absolute Gasteiger partial charge is 0.338 e. The molecule has 0 saturated carbocycles. The van der Waals surface area contributed by atoms with Crippen LogP contribution in [0.4, 0.5) is 0 Å². The molecule has 0 heterocycles. The van der Waals surface area contributed by atoms with Crippen LogP contribution >= 0.6 is 0 Å². The van der Waals surface area contributed by atoms with Crippen molar-refractivity contribution in [3.05, 3.63) is 59.7 Å². The predicted molar refractivity (Wildman–Crippen MR) is 116 cm³/mol. The Bertz CT molecular complexity index is 1020. The molecule has 0 bridgehead atoms. The molecule has 9 heteroatoms. The summed E-state index contributed by atoms with van der Waals surface area (Å²) in [7, 11) is -0.937. The van der Waals surface area contributed by atoms with E-state index in [1.54, 1.807) is 20.9 Å². The molecule has 0 aromatic heterocycles. The van der Waals surface area contributed by atoms with Gasteiger partial charge in [0, 0.05) is 13.1 Å². The molecule has 8 nitrogen and oxygen atoms in total. The summed E-state index contributed by atoms with van der Waals surface area (Å²) in [6.45, 7) is 4.77. The molecule has 1 unspecified atom stereocenters. The normalized spacial score (nSPS) is 12.3. The van der Waals surface area contributed by atoms with Crippen LogP contribution in [-0.2, 0) is 19.6 Å². The van der Waals surface area contributed by atoms with E-state index in [1.165, 1.54) is 30.2 Å². The number of sulfonamides is 1. The summed E-state index contributed by atoms with van der Waals surface area (Å²) < 4.78 is 37.8. The van der Waals surface area contributed by atoms with E-state index in [0.29, 0.717) is 0 Å². The minimum absolute atomic E-state index is 0.00325. The van der Waals surface area contributed by atoms with Crippen molar-refractivity contribution >= 4 is 21.9 Å². The third-order valence-corrected chi connectivity index (χ3v) is 6.34. The highest BCUT2D eigenvalue weighted by atomic mass is 32.2. The number of methoxy groups -OCH3 is 1. The van der Waals surface area contributed by atoms with Gasteiger partial charge in [0.25, 0.3) is 5.91 Å². The Morgan fingerprint density at radius 1 is 1.06 bits per heavy atom. The lowest BCUT2D eigenvalue weighted by Gasteiger charge is -2.25. The molecule has 31 heavy (non-hydrogen) atoms. The third kappa shape index (κ3) is 6.28. The fraction of sp³-hybridized carbons (Fsp3) is 0.364. The fourth-order valence-electron chi connectivity index (χ4n) is 2.87. The number of carbonyl (C=O) groups excluding carboxylic acids is 2. The van der Waals surface area contributed by atoms with Crippen molar-refractivity contribution in [3.8, 4) is 5.75 Å². The second-order valence-corrected chi connectivity index (χ2v) is 8.99. The van der Waals surface area contributed by atoms with Gasteiger partial charge in [0.2, 0.25) is 10.0 Å². The molecule has 0 radical (unpaired) electrons. The Balaban J connectivity index is 2.11. The number of rotatable bonds is 9. The van der Waals surface area contributed by atoms with Crippen LogP contribution in [0.3, 0.4) is 0 Å². The number of esters is 1. The summed E-state index contributed by atoms with van der Waals surface area (Å²) in [6.07, 6.45) is 0. The van der Waals surface area contributed by atoms with E-state index >= 15 is 0 Å². The van der Waals surface area contributed by atoms with E-state index < -0.39 is 22.6 Å². The summed E-state index contributed by atoms with van der Waals surface area (Å²) in [6, 6.07) is 12.9. The SMILES string of the molecule is COc1ccc(C(=O)OCC(=O)N(C)C(C)c2ccccc2)cc1S(=O)(=O)NC(C)C. The van der Waals surface area contributed by atoms with Gasteiger partial charge in [0.15, 0.2) is 6.61 Å². The predicted octanol–water partition coefficient (Wildman–Crippen LogP) is 2.76. The van der Waals surface area contributed by atoms with Gasteiger partial charge in [-0.2, -0.15) is 0 Å². The van der Waals surface area contributed by atoms with Crippen molar-refractivity contribution in [3.63, 3.8) is 0 Å². The van der Waals surface area contributed by atoms with Crippen molar-refractivity contribution in [2.24, 2.45) is 0 Å². The van der Waals surface area contributed by atoms with Gasteiger partial charge >= 0.3 is 5.97 Å². The summed E-state index contributed by atoms with van der Waals surface area (Å²) in [5.41, 5.74) is 0.948. The Morgan fingerprint density at radius 2 is 1.71 bits per heavy atom. The first-order chi connectivity index (χ1) is 14.6. The van der Waals surface area contributed by atoms with E-state index in [1.807, 2.05) is 37.3 Å². The van der Waals surface area contributed by atoms with Gasteiger partial charge in [0.05, 0.1) is 18.7 Å². The zero-order valence-electron chi connectivity index (χ0n) is 18.3. The second-order valence-electron chi connectivity index (χ2n) is 7.31. The standard InChI is InChI=1S/C22H28N2O6S/c1-15(2)23-31(27,28)20-13-18(11-12-19(20)29-5)22(26)30-14-21(25)24(4)16(3)17-9-7-6-8-10-17/h6-13,15-16,23H,14H2,1-5H3. The third-order valence-electron chi connectivity index (χ3n) is 4.66. The number of hydrogen-bond donors (Lipinski definition) is 1. The van der Waals surface area contributed by atoms with Crippen molar-refractivity contribution in [2.45, 2.75) is 37.8 Å². The van der Waals surface area contributed by atoms with Crippen LogP contribution in [0, 0.1) is 0 Å². The molecule has 1 N–H and O–H groups in total. The first-order valence-corrected chi connectivity index (χ1v) is 11.2. The summed E-state index contributed by atoms with van der Waals surface area (Å²) >= 11 is 0. The molecule has 0 fully saturated rings. The van der Waals surface area contributed by atoms with Crippen LogP contribution in [0.5, 0.6) is 5.75 Å². The largest absolute Gasteiger partial charge is 0.495 e. The van der Waals surface area contributed by atoms with Gasteiger partial charge in [0.1, 0.15) is 10.6 Å². The topological polar surface area (TPSA) is 102 Å². The number of nitrogens with zero attached hydrogens (tertiary/aromatic N) is 1. The minimum atomic E-state index is -3.90. The highest BCUT2D eigenvalue weighted by Gasteiger charge is 2.24. The maximum atomic E-state index is 12.6. The molecule has 2 rings (SSSR count). The number of benzene rings is 2. The van der Waals surface area contributed by atoms with Gasteiger partial charge in [-0.3, -0.25) is 4.79 Å². The molecule has 0 aliphatic rings. The molecule has 0 aliphatic heterocycles. The van der Waals surface area contributed by atoms with Crippen molar-refractivity contribution in [2.75, 3.05) is 20.8 Å². The lowest BCUT2D eigenvalue weighted by atomic mass is 10.1. The molecule has 2 aromatic carbocycles. The Kier molecular flexibility index (Phi) is 8.18. The van der Waals surface area contributed by atoms with E-state index in [0.717, 1.165) is 5.56 Å². The lowest BCUT2D eigenvalue weighted by Crippen LogP contribution is -2.33. The van der Waals surface area contributed by atoms with E-state index in [4.69, 9.17) is 9.47 Å². The summed E-state index contributed by atoms with van der Waals surface area (Å²) in [5.74, 6) is -1.09. The van der Waals surface area contributed by atoms with E-state index in [9.17, 15) is 18.0 Å². The van der Waals surface area contributed by atoms with Crippen molar-refractivity contribution < 1.29 is 27.5 Å². The lowest BCUT2D eigenvalue weighted by molar-refractivity contribution is -0.135. The molecule has 1 atom stereocenters. The maximum Gasteiger partial charge on any atom is 0.338 e. The quantitative estimate of drug-likeness (QED) is 0.592. The zero-order chi connectivity index (χ0) is 23.2. The van der Waals surface area contributed by atoms with Gasteiger partial charge in [-0.1, -0.05) is 30.3 Å². The number of likely N-dealkylation sites (N-methyl/N-ethyl adjacent to an activating group) is 1. The van der Waals surface area contributed by atoms with Crippen LogP contribution in [-0.4, -0.2) is 52.0 Å². The molecule has 0 saturated heterocycles. The van der Waals surface area contributed by atoms with E-state index in [2.05, 4.69) is 4.72 Å². The first kappa shape index (κ1) is 24.4. The molecule has 168 valence electrons. The van der Waals surface area contributed by atoms with E-state index in [-0.39, 0.29) is 34.2 Å². The van der Waals surface area contributed by atoms with Crippen molar-refractivity contribution in [1.29, 1.82) is 0 Å². The molecular formula is C22H28N2O6S. The highest BCUT2D eigenvalue weighted by Crippen LogP contribution is 2.25. The van der Waals surface area contributed by atoms with Crippen LogP contribution in [0.15, 0.2) is 53.4 Å². The number of hydrogen-bond acceptors (Lipinski definition) is 6. The van der Waals surface area contributed by atoms with Gasteiger partial charge in [-0.15, -0.1) is 0 Å². The number of ether oxygens (including phenoxy) is 2. The fourth-order valence-corrected chi connectivity index (χ4v) is 4.32. The first-order valence-electron chi connectivity index (χ1n) is 9.75. The molecule has 2 aromatic rings. The van der Waals surface area contributed by atoms with Gasteiger partial charge in [-0.05, 0) is 44.5 Å². The highest BCUT2D eigenvalue weighted by molar-refractivity contribution is 7.89. The number of carbonyl (C=O) groups is 2. The minimum Gasteiger partial charge on any atom is -0.495 e. The van der Waals surface area contributed by atoms with Crippen LogP contribution < -0.4 is 9.46 Å². The van der Waals surface area contributed by atoms with Crippen LogP contribution in [0.2, 0.25) is 0 Å². The van der Waals surface area contributed by atoms with Gasteiger partial charge < -0.3 is 14.4 Å². The summed E-state index contributed by atoms with van der Waals surface area (Å²) in [4.78, 5) is 26.2. The maximum absolute atomic E-state index is 12.6. The molecule has 0 aliphatic carbocycles. The monoisotopic (exact) mass is 448 g/mol. The Morgan fingerprint density at radius 3 is 2.29 bits per heavy atom. The summed E-state index contributed by atoms with van der Waals surface area (Å²) in [5, 5.41) is 0. The van der Waals surface area contributed by atoms with Crippen molar-refractivity contribution in [1.82, 2.24) is 9.62 Å². The Labute approximate surface area is 183 Å². The van der Waals surface area contributed by atoms with Crippen LogP contribution in [0.1, 0.15) is 42.7 Å². The van der Waals surface area contributed by atoms with Crippen LogP contribution in [0.25, 0.3) is 0 Å². The molecular weight excluding hydrogens is 420 g/mol. The number of nitrogens with one attached hydrogen (secondary N) is 1. The molecule has 1 amide bonds. The average Bonchev–Trinajstić information content (AvgIpc) is 2.75. The zero-order valence-corrected chi connectivity index (χ0v) is 19.1. The second kappa shape index (κ2) is 10.4. The number of amides is 1. The molecule has 0 spiro atoms. The average molecular weight is 449 g/mol.